The van der Waals surface area contributed by atoms with Gasteiger partial charge in [0.05, 0.1) is 12.7 Å². The van der Waals surface area contributed by atoms with Crippen LogP contribution in [0.25, 0.3) is 0 Å². The average molecular weight is 213 g/mol. The third-order valence-corrected chi connectivity index (χ3v) is 4.07. The van der Waals surface area contributed by atoms with Crippen molar-refractivity contribution in [3.8, 4) is 0 Å². The summed E-state index contributed by atoms with van der Waals surface area (Å²) in [5.74, 6) is 0.456. The van der Waals surface area contributed by atoms with Crippen molar-refractivity contribution in [1.82, 2.24) is 4.90 Å². The molecule has 0 amide bonds. The first-order chi connectivity index (χ1) is 7.31. The normalized spacial score (nSPS) is 32.2. The summed E-state index contributed by atoms with van der Waals surface area (Å²) in [7, 11) is 0. The molecule has 2 saturated carbocycles. The molecule has 2 rings (SSSR count). The van der Waals surface area contributed by atoms with Crippen LogP contribution in [0.4, 0.5) is 0 Å². The van der Waals surface area contributed by atoms with Crippen LogP contribution in [0.15, 0.2) is 0 Å². The van der Waals surface area contributed by atoms with E-state index in [4.69, 9.17) is 5.11 Å². The second-order valence-corrected chi connectivity index (χ2v) is 5.06. The molecule has 3 nitrogen and oxygen atoms in total. The standard InChI is InChI=1S/C12H23NO2/c14-8-7-13(11-4-2-5-11)9-10-3-1-6-12(10)15/h10-12,14-15H,1-9H2. The summed E-state index contributed by atoms with van der Waals surface area (Å²) < 4.78 is 0. The number of hydrogen-bond acceptors (Lipinski definition) is 3. The van der Waals surface area contributed by atoms with Crippen LogP contribution >= 0.6 is 0 Å². The Kier molecular flexibility index (Phi) is 4.00. The highest BCUT2D eigenvalue weighted by atomic mass is 16.3. The van der Waals surface area contributed by atoms with E-state index in [2.05, 4.69) is 4.90 Å². The van der Waals surface area contributed by atoms with E-state index in [1.54, 1.807) is 0 Å². The first kappa shape index (κ1) is 11.4. The maximum atomic E-state index is 9.79. The van der Waals surface area contributed by atoms with E-state index in [1.165, 1.54) is 25.7 Å². The zero-order valence-electron chi connectivity index (χ0n) is 9.44. The monoisotopic (exact) mass is 213 g/mol. The van der Waals surface area contributed by atoms with E-state index in [1.807, 2.05) is 0 Å². The van der Waals surface area contributed by atoms with E-state index in [0.29, 0.717) is 12.0 Å². The van der Waals surface area contributed by atoms with E-state index in [0.717, 1.165) is 25.9 Å². The fraction of sp³-hybridized carbons (Fsp3) is 1.00. The van der Waals surface area contributed by atoms with Crippen LogP contribution in [0.3, 0.4) is 0 Å². The molecular formula is C12H23NO2. The highest BCUT2D eigenvalue weighted by Gasteiger charge is 2.31. The minimum Gasteiger partial charge on any atom is -0.395 e. The first-order valence-corrected chi connectivity index (χ1v) is 6.34. The van der Waals surface area contributed by atoms with Crippen molar-refractivity contribution in [3.05, 3.63) is 0 Å². The Morgan fingerprint density at radius 2 is 1.80 bits per heavy atom. The minimum atomic E-state index is -0.0914. The van der Waals surface area contributed by atoms with Crippen LogP contribution < -0.4 is 0 Å². The molecule has 15 heavy (non-hydrogen) atoms. The molecule has 2 aliphatic rings. The molecule has 2 unspecified atom stereocenters. The van der Waals surface area contributed by atoms with E-state index >= 15 is 0 Å². The Bertz CT molecular complexity index is 194. The summed E-state index contributed by atoms with van der Waals surface area (Å²) in [6, 6.07) is 0.685. The van der Waals surface area contributed by atoms with Gasteiger partial charge in [-0.25, -0.2) is 0 Å². The summed E-state index contributed by atoms with van der Waals surface area (Å²) in [5.41, 5.74) is 0. The SMILES string of the molecule is OCCN(CC1CCCC1O)C1CCC1. The van der Waals surface area contributed by atoms with Crippen molar-refractivity contribution in [3.63, 3.8) is 0 Å². The lowest BCUT2D eigenvalue weighted by molar-refractivity contribution is 0.0509. The van der Waals surface area contributed by atoms with Gasteiger partial charge < -0.3 is 10.2 Å². The van der Waals surface area contributed by atoms with Gasteiger partial charge in [-0.2, -0.15) is 0 Å². The molecule has 0 aromatic rings. The molecule has 2 N–H and O–H groups in total. The average Bonchev–Trinajstić information content (AvgIpc) is 2.49. The molecule has 0 bridgehead atoms. The van der Waals surface area contributed by atoms with Gasteiger partial charge in [-0.05, 0) is 31.6 Å². The molecule has 0 spiro atoms. The van der Waals surface area contributed by atoms with Crippen LogP contribution in [0.5, 0.6) is 0 Å². The van der Waals surface area contributed by atoms with E-state index < -0.39 is 0 Å². The molecule has 88 valence electrons. The highest BCUT2D eigenvalue weighted by molar-refractivity contribution is 4.85. The Morgan fingerprint density at radius 1 is 1.07 bits per heavy atom. The van der Waals surface area contributed by atoms with Crippen molar-refractivity contribution in [2.24, 2.45) is 5.92 Å². The maximum absolute atomic E-state index is 9.79. The van der Waals surface area contributed by atoms with E-state index in [-0.39, 0.29) is 12.7 Å². The summed E-state index contributed by atoms with van der Waals surface area (Å²) in [6.45, 7) is 2.03. The largest absolute Gasteiger partial charge is 0.395 e. The molecule has 0 aromatic heterocycles. The second-order valence-electron chi connectivity index (χ2n) is 5.06. The molecule has 0 heterocycles. The Labute approximate surface area is 92.1 Å². The van der Waals surface area contributed by atoms with Crippen LogP contribution in [-0.4, -0.2) is 47.0 Å². The lowest BCUT2D eigenvalue weighted by Crippen LogP contribution is -2.45. The van der Waals surface area contributed by atoms with Crippen LogP contribution in [-0.2, 0) is 0 Å². The lowest BCUT2D eigenvalue weighted by atomic mass is 9.90. The number of nitrogens with zero attached hydrogens (tertiary/aromatic N) is 1. The summed E-state index contributed by atoms with van der Waals surface area (Å²) in [4.78, 5) is 2.39. The van der Waals surface area contributed by atoms with Crippen molar-refractivity contribution in [2.75, 3.05) is 19.7 Å². The van der Waals surface area contributed by atoms with Gasteiger partial charge in [0.15, 0.2) is 0 Å². The predicted molar refractivity (Wildman–Crippen MR) is 59.6 cm³/mol. The van der Waals surface area contributed by atoms with Gasteiger partial charge in [0, 0.05) is 19.1 Å². The van der Waals surface area contributed by atoms with Crippen LogP contribution in [0.2, 0.25) is 0 Å². The van der Waals surface area contributed by atoms with Crippen molar-refractivity contribution in [1.29, 1.82) is 0 Å². The van der Waals surface area contributed by atoms with Gasteiger partial charge in [-0.15, -0.1) is 0 Å². The highest BCUT2D eigenvalue weighted by Crippen LogP contribution is 2.30. The van der Waals surface area contributed by atoms with Crippen LogP contribution in [0.1, 0.15) is 38.5 Å². The van der Waals surface area contributed by atoms with Gasteiger partial charge in [0.25, 0.3) is 0 Å². The molecular weight excluding hydrogens is 190 g/mol. The van der Waals surface area contributed by atoms with Gasteiger partial charge in [0.1, 0.15) is 0 Å². The topological polar surface area (TPSA) is 43.7 Å². The molecule has 0 saturated heterocycles. The summed E-state index contributed by atoms with van der Waals surface area (Å²) in [6.07, 6.45) is 7.11. The number of hydrogen-bond donors (Lipinski definition) is 2. The Morgan fingerprint density at radius 3 is 2.27 bits per heavy atom. The van der Waals surface area contributed by atoms with E-state index in [9.17, 15) is 5.11 Å². The van der Waals surface area contributed by atoms with Gasteiger partial charge in [-0.1, -0.05) is 12.8 Å². The molecule has 2 atom stereocenters. The van der Waals surface area contributed by atoms with Crippen molar-refractivity contribution < 1.29 is 10.2 Å². The van der Waals surface area contributed by atoms with Gasteiger partial charge in [0.2, 0.25) is 0 Å². The molecule has 0 aromatic carbocycles. The zero-order chi connectivity index (χ0) is 10.7. The quantitative estimate of drug-likeness (QED) is 0.716. The van der Waals surface area contributed by atoms with Gasteiger partial charge in [-0.3, -0.25) is 4.90 Å². The smallest absolute Gasteiger partial charge is 0.0580 e. The molecule has 0 aliphatic heterocycles. The Balaban J connectivity index is 1.82. The first-order valence-electron chi connectivity index (χ1n) is 6.34. The fourth-order valence-electron chi connectivity index (χ4n) is 2.83. The number of aliphatic hydroxyl groups excluding tert-OH is 2. The minimum absolute atomic E-state index is 0.0914. The second kappa shape index (κ2) is 5.28. The maximum Gasteiger partial charge on any atom is 0.0580 e. The third-order valence-electron chi connectivity index (χ3n) is 4.07. The number of rotatable bonds is 5. The zero-order valence-corrected chi connectivity index (χ0v) is 9.44. The van der Waals surface area contributed by atoms with Gasteiger partial charge >= 0.3 is 0 Å². The summed E-state index contributed by atoms with van der Waals surface area (Å²) >= 11 is 0. The number of aliphatic hydroxyl groups is 2. The molecule has 3 heteroatoms. The Hall–Kier alpha value is -0.120. The molecule has 0 radical (unpaired) electrons. The fourth-order valence-corrected chi connectivity index (χ4v) is 2.83. The van der Waals surface area contributed by atoms with Crippen LogP contribution in [0, 0.1) is 5.92 Å². The molecule has 2 fully saturated rings. The predicted octanol–water partition coefficient (Wildman–Crippen LogP) is 0.994. The molecule has 2 aliphatic carbocycles. The third kappa shape index (κ3) is 2.71. The van der Waals surface area contributed by atoms with Crippen molar-refractivity contribution in [2.45, 2.75) is 50.7 Å². The van der Waals surface area contributed by atoms with Crippen molar-refractivity contribution >= 4 is 0 Å². The lowest BCUT2D eigenvalue weighted by Gasteiger charge is -2.39. The summed E-state index contributed by atoms with van der Waals surface area (Å²) in [5, 5.41) is 18.8.